The van der Waals surface area contributed by atoms with Crippen LogP contribution in [0.3, 0.4) is 0 Å². The van der Waals surface area contributed by atoms with Crippen molar-refractivity contribution in [3.05, 3.63) is 35.7 Å². The Labute approximate surface area is 124 Å². The first-order valence-corrected chi connectivity index (χ1v) is 7.36. The Hall–Kier alpha value is -2.30. The van der Waals surface area contributed by atoms with Crippen molar-refractivity contribution in [2.75, 3.05) is 23.8 Å². The van der Waals surface area contributed by atoms with Gasteiger partial charge in [0.15, 0.2) is 0 Å². The van der Waals surface area contributed by atoms with E-state index in [1.807, 2.05) is 13.8 Å². The summed E-state index contributed by atoms with van der Waals surface area (Å²) in [5.41, 5.74) is 4.56. The Morgan fingerprint density at radius 2 is 2.24 bits per heavy atom. The third-order valence-corrected chi connectivity index (χ3v) is 3.63. The van der Waals surface area contributed by atoms with E-state index < -0.39 is 0 Å². The number of nitrogens with zero attached hydrogens (tertiary/aromatic N) is 2. The van der Waals surface area contributed by atoms with E-state index in [0.29, 0.717) is 12.5 Å². The van der Waals surface area contributed by atoms with Crippen molar-refractivity contribution in [3.63, 3.8) is 0 Å². The molecule has 21 heavy (non-hydrogen) atoms. The van der Waals surface area contributed by atoms with Crippen LogP contribution < -0.4 is 15.4 Å². The van der Waals surface area contributed by atoms with Crippen LogP contribution >= 0.6 is 0 Å². The Bertz CT molecular complexity index is 642. The zero-order valence-electron chi connectivity index (χ0n) is 12.4. The minimum atomic E-state index is 0.599. The van der Waals surface area contributed by atoms with Crippen LogP contribution in [0.1, 0.15) is 24.5 Å². The number of benzene rings is 1. The second-order valence-corrected chi connectivity index (χ2v) is 5.11. The lowest BCUT2D eigenvalue weighted by Gasteiger charge is -2.19. The molecular weight excluding hydrogens is 264 g/mol. The van der Waals surface area contributed by atoms with Crippen molar-refractivity contribution in [1.29, 1.82) is 0 Å². The highest BCUT2D eigenvalue weighted by atomic mass is 16.5. The monoisotopic (exact) mass is 284 g/mol. The van der Waals surface area contributed by atoms with Gasteiger partial charge in [0, 0.05) is 17.9 Å². The van der Waals surface area contributed by atoms with Crippen molar-refractivity contribution < 1.29 is 4.74 Å². The van der Waals surface area contributed by atoms with Crippen molar-refractivity contribution in [3.8, 4) is 5.88 Å². The van der Waals surface area contributed by atoms with Crippen molar-refractivity contribution in [2.45, 2.75) is 26.7 Å². The molecule has 1 aliphatic heterocycles. The molecule has 0 spiro atoms. The van der Waals surface area contributed by atoms with Crippen LogP contribution in [-0.2, 0) is 6.42 Å². The normalized spacial score (nSPS) is 13.2. The van der Waals surface area contributed by atoms with E-state index in [-0.39, 0.29) is 0 Å². The fraction of sp³-hybridized carbons (Fsp3) is 0.375. The molecule has 1 aromatic heterocycles. The third kappa shape index (κ3) is 2.91. The Morgan fingerprint density at radius 1 is 1.33 bits per heavy atom. The van der Waals surface area contributed by atoms with Gasteiger partial charge in [-0.25, -0.2) is 9.97 Å². The maximum Gasteiger partial charge on any atom is 0.221 e. The standard InChI is InChI=1S/C16H20N4O/c1-3-21-16-11(2)15(18-10-19-16)20-13-6-7-14-12(9-13)5-4-8-17-14/h6-7,9-10,17H,3-5,8H2,1-2H3,(H,18,19,20). The van der Waals surface area contributed by atoms with Gasteiger partial charge in [0.1, 0.15) is 12.1 Å². The predicted octanol–water partition coefficient (Wildman–Crippen LogP) is 3.29. The lowest BCUT2D eigenvalue weighted by Crippen LogP contribution is -2.11. The van der Waals surface area contributed by atoms with Crippen LogP contribution in [0.25, 0.3) is 0 Å². The molecule has 0 radical (unpaired) electrons. The van der Waals surface area contributed by atoms with E-state index in [1.165, 1.54) is 24.0 Å². The highest BCUT2D eigenvalue weighted by Crippen LogP contribution is 2.28. The fourth-order valence-corrected chi connectivity index (χ4v) is 2.53. The predicted molar refractivity (Wildman–Crippen MR) is 84.5 cm³/mol. The van der Waals surface area contributed by atoms with Gasteiger partial charge in [-0.3, -0.25) is 0 Å². The molecular formula is C16H20N4O. The summed E-state index contributed by atoms with van der Waals surface area (Å²) in [6, 6.07) is 6.37. The molecule has 5 nitrogen and oxygen atoms in total. The van der Waals surface area contributed by atoms with Gasteiger partial charge in [-0.1, -0.05) is 0 Å². The van der Waals surface area contributed by atoms with Gasteiger partial charge in [0.05, 0.1) is 12.2 Å². The molecule has 0 saturated heterocycles. The minimum Gasteiger partial charge on any atom is -0.478 e. The first-order valence-electron chi connectivity index (χ1n) is 7.36. The first kappa shape index (κ1) is 13.7. The van der Waals surface area contributed by atoms with Crippen LogP contribution in [0, 0.1) is 6.92 Å². The summed E-state index contributed by atoms with van der Waals surface area (Å²) in [6.45, 7) is 5.57. The van der Waals surface area contributed by atoms with Gasteiger partial charge in [-0.15, -0.1) is 0 Å². The van der Waals surface area contributed by atoms with Crippen molar-refractivity contribution in [2.24, 2.45) is 0 Å². The number of aromatic nitrogens is 2. The van der Waals surface area contributed by atoms with E-state index in [1.54, 1.807) is 0 Å². The quantitative estimate of drug-likeness (QED) is 0.902. The van der Waals surface area contributed by atoms with E-state index in [4.69, 9.17) is 4.74 Å². The van der Waals surface area contributed by atoms with Crippen LogP contribution in [0.2, 0.25) is 0 Å². The summed E-state index contributed by atoms with van der Waals surface area (Å²) < 4.78 is 5.50. The summed E-state index contributed by atoms with van der Waals surface area (Å²) in [5, 5.41) is 6.78. The summed E-state index contributed by atoms with van der Waals surface area (Å²) in [7, 11) is 0. The molecule has 3 rings (SSSR count). The van der Waals surface area contributed by atoms with Gasteiger partial charge >= 0.3 is 0 Å². The average Bonchev–Trinajstić information content (AvgIpc) is 2.51. The fourth-order valence-electron chi connectivity index (χ4n) is 2.53. The number of hydrogen-bond donors (Lipinski definition) is 2. The average molecular weight is 284 g/mol. The van der Waals surface area contributed by atoms with Crippen LogP contribution in [0.5, 0.6) is 5.88 Å². The molecule has 0 saturated carbocycles. The third-order valence-electron chi connectivity index (χ3n) is 3.63. The largest absolute Gasteiger partial charge is 0.478 e. The molecule has 0 fully saturated rings. The van der Waals surface area contributed by atoms with Crippen LogP contribution in [-0.4, -0.2) is 23.1 Å². The molecule has 2 N–H and O–H groups in total. The second-order valence-electron chi connectivity index (χ2n) is 5.11. The Kier molecular flexibility index (Phi) is 3.90. The van der Waals surface area contributed by atoms with Crippen LogP contribution in [0.15, 0.2) is 24.5 Å². The number of ether oxygens (including phenoxy) is 1. The van der Waals surface area contributed by atoms with Gasteiger partial charge in [-0.2, -0.15) is 0 Å². The lowest BCUT2D eigenvalue weighted by molar-refractivity contribution is 0.324. The number of aryl methyl sites for hydroxylation is 1. The summed E-state index contributed by atoms with van der Waals surface area (Å²) in [5.74, 6) is 1.42. The van der Waals surface area contributed by atoms with Crippen molar-refractivity contribution in [1.82, 2.24) is 9.97 Å². The number of nitrogens with one attached hydrogen (secondary N) is 2. The highest BCUT2D eigenvalue weighted by Gasteiger charge is 2.11. The van der Waals surface area contributed by atoms with E-state index in [0.717, 1.165) is 30.0 Å². The Balaban J connectivity index is 1.85. The maximum absolute atomic E-state index is 5.50. The topological polar surface area (TPSA) is 59.1 Å². The lowest BCUT2D eigenvalue weighted by atomic mass is 10.0. The van der Waals surface area contributed by atoms with E-state index in [9.17, 15) is 0 Å². The maximum atomic E-state index is 5.50. The molecule has 110 valence electrons. The molecule has 0 amide bonds. The minimum absolute atomic E-state index is 0.599. The summed E-state index contributed by atoms with van der Waals surface area (Å²) in [4.78, 5) is 8.47. The zero-order chi connectivity index (χ0) is 14.7. The molecule has 1 aromatic carbocycles. The highest BCUT2D eigenvalue weighted by molar-refractivity contribution is 5.66. The number of rotatable bonds is 4. The molecule has 0 atom stereocenters. The molecule has 2 aromatic rings. The van der Waals surface area contributed by atoms with Gasteiger partial charge in [0.2, 0.25) is 5.88 Å². The smallest absolute Gasteiger partial charge is 0.221 e. The number of hydrogen-bond acceptors (Lipinski definition) is 5. The van der Waals surface area contributed by atoms with E-state index in [2.05, 4.69) is 38.8 Å². The summed E-state index contributed by atoms with van der Waals surface area (Å²) >= 11 is 0. The van der Waals surface area contributed by atoms with Crippen molar-refractivity contribution >= 4 is 17.2 Å². The second kappa shape index (κ2) is 5.99. The van der Waals surface area contributed by atoms with Gasteiger partial charge in [0.25, 0.3) is 0 Å². The van der Waals surface area contributed by atoms with Gasteiger partial charge in [-0.05, 0) is 50.5 Å². The van der Waals surface area contributed by atoms with Crippen LogP contribution in [0.4, 0.5) is 17.2 Å². The molecule has 1 aliphatic rings. The summed E-state index contributed by atoms with van der Waals surface area (Å²) in [6.07, 6.45) is 3.82. The number of anilines is 3. The molecule has 0 bridgehead atoms. The molecule has 2 heterocycles. The van der Waals surface area contributed by atoms with Gasteiger partial charge < -0.3 is 15.4 Å². The van der Waals surface area contributed by atoms with E-state index >= 15 is 0 Å². The number of fused-ring (bicyclic) bond motifs is 1. The first-order chi connectivity index (χ1) is 10.3. The Morgan fingerprint density at radius 3 is 3.10 bits per heavy atom. The molecule has 0 unspecified atom stereocenters. The zero-order valence-corrected chi connectivity index (χ0v) is 12.4. The SMILES string of the molecule is CCOc1ncnc(Nc2ccc3c(c2)CCCN3)c1C. The molecule has 0 aliphatic carbocycles. The molecule has 5 heteroatoms.